The molecule has 1 amide bonds. The molecule has 3 atom stereocenters. The van der Waals surface area contributed by atoms with Crippen LogP contribution in [0.2, 0.25) is 0 Å². The molecule has 0 aromatic heterocycles. The SMILES string of the molecule is CCCCCCCC/C=C/CCCCCCCCCC(CC(=O)NC(CO)C(O)CCCCCCCCCCCCCCCC)OC(=O)CCCCCCCCCCCCCC. The van der Waals surface area contributed by atoms with Gasteiger partial charge >= 0.3 is 5.97 Å². The van der Waals surface area contributed by atoms with Crippen LogP contribution in [0.25, 0.3) is 0 Å². The summed E-state index contributed by atoms with van der Waals surface area (Å²) in [6, 6.07) is -0.697. The van der Waals surface area contributed by atoms with Crippen LogP contribution in [0.3, 0.4) is 0 Å². The summed E-state index contributed by atoms with van der Waals surface area (Å²) in [6.45, 7) is 6.51. The molecule has 3 unspecified atom stereocenters. The highest BCUT2D eigenvalue weighted by Gasteiger charge is 2.24. The maximum absolute atomic E-state index is 13.2. The van der Waals surface area contributed by atoms with Crippen LogP contribution < -0.4 is 5.32 Å². The number of hydrogen-bond acceptors (Lipinski definition) is 5. The van der Waals surface area contributed by atoms with Gasteiger partial charge in [-0.3, -0.25) is 9.59 Å². The van der Waals surface area contributed by atoms with E-state index in [1.165, 1.54) is 212 Å². The van der Waals surface area contributed by atoms with E-state index in [1.54, 1.807) is 0 Å². The third-order valence-corrected chi connectivity index (χ3v) is 13.1. The number of aliphatic hydroxyl groups excluding tert-OH is 2. The van der Waals surface area contributed by atoms with Crippen molar-refractivity contribution in [3.8, 4) is 0 Å². The van der Waals surface area contributed by atoms with Crippen LogP contribution in [0.1, 0.15) is 310 Å². The smallest absolute Gasteiger partial charge is 0.306 e. The Morgan fingerprint density at radius 3 is 1.15 bits per heavy atom. The average Bonchev–Trinajstić information content (AvgIpc) is 3.26. The second-order valence-corrected chi connectivity index (χ2v) is 19.3. The fourth-order valence-electron chi connectivity index (χ4n) is 8.84. The normalized spacial score (nSPS) is 13.2. The molecule has 0 spiro atoms. The Morgan fingerprint density at radius 1 is 0.452 bits per heavy atom. The number of hydrogen-bond donors (Lipinski definition) is 3. The molecule has 0 bridgehead atoms. The molecule has 6 nitrogen and oxygen atoms in total. The van der Waals surface area contributed by atoms with Gasteiger partial charge in [-0.1, -0.05) is 258 Å². The lowest BCUT2D eigenvalue weighted by Crippen LogP contribution is -2.46. The van der Waals surface area contributed by atoms with Crippen molar-refractivity contribution in [1.82, 2.24) is 5.32 Å². The first kappa shape index (κ1) is 60.6. The number of aliphatic hydroxyl groups is 2. The molecule has 0 saturated heterocycles. The van der Waals surface area contributed by atoms with Gasteiger partial charge in [0.1, 0.15) is 6.10 Å². The molecule has 368 valence electrons. The highest BCUT2D eigenvalue weighted by atomic mass is 16.5. The van der Waals surface area contributed by atoms with Crippen molar-refractivity contribution in [1.29, 1.82) is 0 Å². The molecule has 0 aromatic carbocycles. The maximum atomic E-state index is 13.2. The molecule has 62 heavy (non-hydrogen) atoms. The van der Waals surface area contributed by atoms with Crippen molar-refractivity contribution in [3.63, 3.8) is 0 Å². The lowest BCUT2D eigenvalue weighted by molar-refractivity contribution is -0.151. The van der Waals surface area contributed by atoms with E-state index in [1.807, 2.05) is 0 Å². The highest BCUT2D eigenvalue weighted by molar-refractivity contribution is 5.77. The summed E-state index contributed by atoms with van der Waals surface area (Å²) < 4.78 is 5.95. The number of carbonyl (C=O) groups is 2. The molecule has 0 saturated carbocycles. The van der Waals surface area contributed by atoms with Gasteiger partial charge in [-0.05, 0) is 51.4 Å². The van der Waals surface area contributed by atoms with Gasteiger partial charge in [-0.2, -0.15) is 0 Å². The van der Waals surface area contributed by atoms with Crippen molar-refractivity contribution in [3.05, 3.63) is 12.2 Å². The third-order valence-electron chi connectivity index (χ3n) is 13.1. The van der Waals surface area contributed by atoms with E-state index < -0.39 is 18.2 Å². The van der Waals surface area contributed by atoms with E-state index in [2.05, 4.69) is 38.2 Å². The Balaban J connectivity index is 4.52. The lowest BCUT2D eigenvalue weighted by atomic mass is 10.0. The topological polar surface area (TPSA) is 95.9 Å². The quantitative estimate of drug-likeness (QED) is 0.0321. The van der Waals surface area contributed by atoms with E-state index >= 15 is 0 Å². The summed E-state index contributed by atoms with van der Waals surface area (Å²) in [7, 11) is 0. The van der Waals surface area contributed by atoms with Gasteiger partial charge in [-0.25, -0.2) is 0 Å². The summed E-state index contributed by atoms with van der Waals surface area (Å²) in [5, 5.41) is 23.8. The zero-order valence-corrected chi connectivity index (χ0v) is 42.0. The standard InChI is InChI=1S/C56H109NO5/c1-4-7-10-13-16-19-22-25-27-28-29-30-32-35-38-41-44-47-52(62-56(61)49-46-43-40-37-34-24-21-18-15-12-9-6-3)50-55(60)57-53(51-58)54(59)48-45-42-39-36-33-31-26-23-20-17-14-11-8-5-2/h25,27,52-54,58-59H,4-24,26,28-51H2,1-3H3,(H,57,60)/b27-25+. The summed E-state index contributed by atoms with van der Waals surface area (Å²) in [5.41, 5.74) is 0. The number of esters is 1. The fraction of sp³-hybridized carbons (Fsp3) is 0.929. The maximum Gasteiger partial charge on any atom is 0.306 e. The first-order valence-electron chi connectivity index (χ1n) is 27.9. The number of amides is 1. The van der Waals surface area contributed by atoms with Crippen LogP contribution in [0.4, 0.5) is 0 Å². The molecular formula is C56H109NO5. The van der Waals surface area contributed by atoms with Crippen molar-refractivity contribution in [2.45, 2.75) is 328 Å². The van der Waals surface area contributed by atoms with Crippen LogP contribution in [0, 0.1) is 0 Å². The van der Waals surface area contributed by atoms with Gasteiger partial charge in [0.15, 0.2) is 0 Å². The minimum absolute atomic E-state index is 0.0820. The Kier molecular flexibility index (Phi) is 49.5. The molecule has 0 radical (unpaired) electrons. The largest absolute Gasteiger partial charge is 0.462 e. The zero-order chi connectivity index (χ0) is 45.2. The van der Waals surface area contributed by atoms with Crippen LogP contribution in [-0.4, -0.2) is 46.9 Å². The molecule has 6 heteroatoms. The minimum atomic E-state index is -0.783. The molecule has 0 fully saturated rings. The molecule has 0 rings (SSSR count). The Hall–Kier alpha value is -1.40. The van der Waals surface area contributed by atoms with E-state index in [4.69, 9.17) is 4.74 Å². The summed E-state index contributed by atoms with van der Waals surface area (Å²) in [6.07, 6.45) is 57.0. The van der Waals surface area contributed by atoms with Crippen LogP contribution in [0.5, 0.6) is 0 Å². The van der Waals surface area contributed by atoms with Crippen molar-refractivity contribution in [2.24, 2.45) is 0 Å². The Bertz CT molecular complexity index is 939. The monoisotopic (exact) mass is 876 g/mol. The van der Waals surface area contributed by atoms with Crippen molar-refractivity contribution in [2.75, 3.05) is 6.61 Å². The van der Waals surface area contributed by atoms with Crippen molar-refractivity contribution >= 4 is 11.9 Å². The molecule has 0 aliphatic carbocycles. The van der Waals surface area contributed by atoms with E-state index in [9.17, 15) is 19.8 Å². The Labute approximate surface area is 387 Å². The number of allylic oxidation sites excluding steroid dienone is 2. The van der Waals surface area contributed by atoms with Crippen LogP contribution in [-0.2, 0) is 14.3 Å². The lowest BCUT2D eigenvalue weighted by Gasteiger charge is -2.24. The van der Waals surface area contributed by atoms with Gasteiger partial charge in [0.25, 0.3) is 0 Å². The fourth-order valence-corrected chi connectivity index (χ4v) is 8.84. The molecule has 0 aliphatic heterocycles. The number of carbonyl (C=O) groups excluding carboxylic acids is 2. The third kappa shape index (κ3) is 45.2. The van der Waals surface area contributed by atoms with E-state index in [0.29, 0.717) is 19.3 Å². The second kappa shape index (κ2) is 50.6. The molecule has 0 heterocycles. The van der Waals surface area contributed by atoms with Gasteiger partial charge in [-0.15, -0.1) is 0 Å². The number of ether oxygens (including phenoxy) is 1. The minimum Gasteiger partial charge on any atom is -0.462 e. The molecular weight excluding hydrogens is 767 g/mol. The van der Waals surface area contributed by atoms with Crippen LogP contribution >= 0.6 is 0 Å². The van der Waals surface area contributed by atoms with E-state index in [0.717, 1.165) is 51.4 Å². The van der Waals surface area contributed by atoms with Gasteiger partial charge in [0.2, 0.25) is 5.91 Å². The number of unbranched alkanes of at least 4 members (excludes halogenated alkanes) is 37. The molecule has 3 N–H and O–H groups in total. The van der Waals surface area contributed by atoms with Gasteiger partial charge in [0, 0.05) is 6.42 Å². The average molecular weight is 876 g/mol. The van der Waals surface area contributed by atoms with Crippen LogP contribution in [0.15, 0.2) is 12.2 Å². The van der Waals surface area contributed by atoms with Gasteiger partial charge < -0.3 is 20.3 Å². The first-order chi connectivity index (χ1) is 30.5. The summed E-state index contributed by atoms with van der Waals surface area (Å²) in [5.74, 6) is -0.458. The molecule has 0 aromatic rings. The summed E-state index contributed by atoms with van der Waals surface area (Å²) >= 11 is 0. The number of nitrogens with one attached hydrogen (secondary N) is 1. The zero-order valence-electron chi connectivity index (χ0n) is 42.0. The second-order valence-electron chi connectivity index (χ2n) is 19.3. The van der Waals surface area contributed by atoms with E-state index in [-0.39, 0.29) is 24.9 Å². The first-order valence-corrected chi connectivity index (χ1v) is 27.9. The van der Waals surface area contributed by atoms with Gasteiger partial charge in [0.05, 0.1) is 25.2 Å². The Morgan fingerprint density at radius 2 is 0.774 bits per heavy atom. The van der Waals surface area contributed by atoms with Crippen molar-refractivity contribution < 1.29 is 24.5 Å². The predicted molar refractivity (Wildman–Crippen MR) is 269 cm³/mol. The number of rotatable bonds is 51. The molecule has 0 aliphatic rings. The highest BCUT2D eigenvalue weighted by Crippen LogP contribution is 2.19. The summed E-state index contributed by atoms with van der Waals surface area (Å²) in [4.78, 5) is 26.2. The predicted octanol–water partition coefficient (Wildman–Crippen LogP) is 16.9.